The zero-order valence-corrected chi connectivity index (χ0v) is 8.77. The second-order valence-electron chi connectivity index (χ2n) is 4.14. The van der Waals surface area contributed by atoms with Crippen LogP contribution in [0.2, 0.25) is 0 Å². The van der Waals surface area contributed by atoms with Crippen molar-refractivity contribution in [2.75, 3.05) is 0 Å². The summed E-state index contributed by atoms with van der Waals surface area (Å²) in [6.45, 7) is 4.55. The number of allylic oxidation sites excluding steroid dienone is 4. The molecule has 14 heavy (non-hydrogen) atoms. The van der Waals surface area contributed by atoms with Gasteiger partial charge in [-0.25, -0.2) is 0 Å². The molecule has 0 spiro atoms. The summed E-state index contributed by atoms with van der Waals surface area (Å²) in [6.07, 6.45) is 6.71. The highest BCUT2D eigenvalue weighted by atomic mass is 14.2. The SMILES string of the molecule is CC(C)C1C=CC=C1c1ccccc1. The van der Waals surface area contributed by atoms with Gasteiger partial charge in [0.2, 0.25) is 0 Å². The molecule has 1 atom stereocenters. The molecule has 0 aromatic heterocycles. The fourth-order valence-electron chi connectivity index (χ4n) is 1.99. The van der Waals surface area contributed by atoms with Gasteiger partial charge >= 0.3 is 0 Å². The minimum Gasteiger partial charge on any atom is -0.0767 e. The Hall–Kier alpha value is -1.30. The Morgan fingerprint density at radius 2 is 1.79 bits per heavy atom. The second-order valence-corrected chi connectivity index (χ2v) is 4.14. The van der Waals surface area contributed by atoms with Gasteiger partial charge in [-0.1, -0.05) is 62.4 Å². The second kappa shape index (κ2) is 3.83. The van der Waals surface area contributed by atoms with Gasteiger partial charge in [-0.2, -0.15) is 0 Å². The van der Waals surface area contributed by atoms with Crippen LogP contribution in [0.15, 0.2) is 48.6 Å². The normalized spacial score (nSPS) is 20.2. The molecule has 0 saturated carbocycles. The molecule has 1 aromatic carbocycles. The molecule has 1 aromatic rings. The third-order valence-electron chi connectivity index (χ3n) is 2.78. The summed E-state index contributed by atoms with van der Waals surface area (Å²) in [5.41, 5.74) is 2.82. The number of hydrogen-bond acceptors (Lipinski definition) is 0. The maximum Gasteiger partial charge on any atom is 0.00500 e. The van der Waals surface area contributed by atoms with Crippen molar-refractivity contribution in [1.29, 1.82) is 0 Å². The van der Waals surface area contributed by atoms with Crippen molar-refractivity contribution in [2.24, 2.45) is 11.8 Å². The van der Waals surface area contributed by atoms with E-state index in [0.29, 0.717) is 11.8 Å². The lowest BCUT2D eigenvalue weighted by Gasteiger charge is -2.17. The van der Waals surface area contributed by atoms with E-state index in [-0.39, 0.29) is 0 Å². The average molecular weight is 184 g/mol. The Morgan fingerprint density at radius 3 is 2.43 bits per heavy atom. The minimum absolute atomic E-state index is 0.595. The molecule has 0 heteroatoms. The molecular weight excluding hydrogens is 168 g/mol. The number of hydrogen-bond donors (Lipinski definition) is 0. The lowest BCUT2D eigenvalue weighted by Crippen LogP contribution is -2.05. The largest absolute Gasteiger partial charge is 0.0767 e. The molecule has 1 aliphatic rings. The van der Waals surface area contributed by atoms with Crippen molar-refractivity contribution in [3.05, 3.63) is 54.1 Å². The first-order valence-electron chi connectivity index (χ1n) is 5.23. The van der Waals surface area contributed by atoms with E-state index in [1.807, 2.05) is 0 Å². The van der Waals surface area contributed by atoms with Gasteiger partial charge in [0, 0.05) is 5.92 Å². The Balaban J connectivity index is 2.29. The van der Waals surface area contributed by atoms with Crippen LogP contribution < -0.4 is 0 Å². The van der Waals surface area contributed by atoms with E-state index >= 15 is 0 Å². The molecule has 1 unspecified atom stereocenters. The van der Waals surface area contributed by atoms with E-state index in [0.717, 1.165) is 0 Å². The van der Waals surface area contributed by atoms with Crippen molar-refractivity contribution < 1.29 is 0 Å². The summed E-state index contributed by atoms with van der Waals surface area (Å²) in [5.74, 6) is 1.28. The smallest absolute Gasteiger partial charge is 0.00500 e. The maximum atomic E-state index is 2.30. The van der Waals surface area contributed by atoms with E-state index in [1.165, 1.54) is 11.1 Å². The molecule has 0 aliphatic heterocycles. The maximum absolute atomic E-state index is 2.30. The number of rotatable bonds is 2. The van der Waals surface area contributed by atoms with Crippen molar-refractivity contribution in [3.63, 3.8) is 0 Å². The highest BCUT2D eigenvalue weighted by molar-refractivity contribution is 5.73. The van der Waals surface area contributed by atoms with Crippen molar-refractivity contribution in [2.45, 2.75) is 13.8 Å². The summed E-state index contributed by atoms with van der Waals surface area (Å²) >= 11 is 0. The molecule has 0 fully saturated rings. The Bertz CT molecular complexity index is 355. The van der Waals surface area contributed by atoms with Crippen molar-refractivity contribution in [3.8, 4) is 0 Å². The van der Waals surface area contributed by atoms with E-state index < -0.39 is 0 Å². The van der Waals surface area contributed by atoms with Gasteiger partial charge in [0.05, 0.1) is 0 Å². The number of benzene rings is 1. The Labute approximate surface area is 86.0 Å². The van der Waals surface area contributed by atoms with Gasteiger partial charge in [0.25, 0.3) is 0 Å². The Morgan fingerprint density at radius 1 is 1.07 bits per heavy atom. The molecule has 0 amide bonds. The van der Waals surface area contributed by atoms with Crippen LogP contribution in [0.25, 0.3) is 5.57 Å². The molecular formula is C14H16. The van der Waals surface area contributed by atoms with E-state index in [4.69, 9.17) is 0 Å². The molecule has 0 saturated heterocycles. The zero-order chi connectivity index (χ0) is 9.97. The van der Waals surface area contributed by atoms with Gasteiger partial charge in [-0.3, -0.25) is 0 Å². The van der Waals surface area contributed by atoms with Crippen LogP contribution in [-0.2, 0) is 0 Å². The van der Waals surface area contributed by atoms with Crippen LogP contribution >= 0.6 is 0 Å². The van der Waals surface area contributed by atoms with Gasteiger partial charge in [-0.15, -0.1) is 0 Å². The summed E-state index contributed by atoms with van der Waals surface area (Å²) < 4.78 is 0. The first-order valence-corrected chi connectivity index (χ1v) is 5.23. The van der Waals surface area contributed by atoms with Crippen molar-refractivity contribution >= 4 is 5.57 Å². The predicted molar refractivity (Wildman–Crippen MR) is 61.9 cm³/mol. The highest BCUT2D eigenvalue weighted by Gasteiger charge is 2.18. The van der Waals surface area contributed by atoms with Crippen molar-refractivity contribution in [1.82, 2.24) is 0 Å². The fourth-order valence-corrected chi connectivity index (χ4v) is 1.99. The molecule has 0 nitrogen and oxygen atoms in total. The molecule has 2 rings (SSSR count). The molecule has 72 valence electrons. The average Bonchev–Trinajstić information content (AvgIpc) is 2.67. The minimum atomic E-state index is 0.595. The van der Waals surface area contributed by atoms with Gasteiger partial charge in [0.1, 0.15) is 0 Å². The molecule has 0 bridgehead atoms. The van der Waals surface area contributed by atoms with E-state index in [1.54, 1.807) is 0 Å². The first kappa shape index (κ1) is 9.26. The lowest BCUT2D eigenvalue weighted by molar-refractivity contribution is 0.567. The van der Waals surface area contributed by atoms with Crippen LogP contribution in [0, 0.1) is 11.8 Å². The molecule has 0 radical (unpaired) electrons. The zero-order valence-electron chi connectivity index (χ0n) is 8.77. The quantitative estimate of drug-likeness (QED) is 0.653. The van der Waals surface area contributed by atoms with Crippen LogP contribution in [0.4, 0.5) is 0 Å². The van der Waals surface area contributed by atoms with Crippen LogP contribution in [0.5, 0.6) is 0 Å². The summed E-state index contributed by atoms with van der Waals surface area (Å²) in [7, 11) is 0. The third-order valence-corrected chi connectivity index (χ3v) is 2.78. The monoisotopic (exact) mass is 184 g/mol. The fraction of sp³-hybridized carbons (Fsp3) is 0.286. The van der Waals surface area contributed by atoms with Crippen LogP contribution in [0.3, 0.4) is 0 Å². The molecule has 0 N–H and O–H groups in total. The van der Waals surface area contributed by atoms with Gasteiger partial charge in [-0.05, 0) is 17.1 Å². The summed E-state index contributed by atoms with van der Waals surface area (Å²) in [5, 5.41) is 0. The lowest BCUT2D eigenvalue weighted by atomic mass is 9.87. The van der Waals surface area contributed by atoms with Gasteiger partial charge in [0.15, 0.2) is 0 Å². The van der Waals surface area contributed by atoms with Crippen LogP contribution in [-0.4, -0.2) is 0 Å². The summed E-state index contributed by atoms with van der Waals surface area (Å²) in [6, 6.07) is 10.6. The van der Waals surface area contributed by atoms with Gasteiger partial charge < -0.3 is 0 Å². The third kappa shape index (κ3) is 1.65. The van der Waals surface area contributed by atoms with Crippen LogP contribution in [0.1, 0.15) is 19.4 Å². The topological polar surface area (TPSA) is 0 Å². The van der Waals surface area contributed by atoms with E-state index in [9.17, 15) is 0 Å². The van der Waals surface area contributed by atoms with E-state index in [2.05, 4.69) is 62.4 Å². The summed E-state index contributed by atoms with van der Waals surface area (Å²) in [4.78, 5) is 0. The standard InChI is InChI=1S/C14H16/c1-11(2)13-9-6-10-14(13)12-7-4-3-5-8-12/h3-11,13H,1-2H3. The first-order chi connectivity index (χ1) is 6.79. The molecule has 0 heterocycles. The Kier molecular flexibility index (Phi) is 2.53. The predicted octanol–water partition coefficient (Wildman–Crippen LogP) is 3.91. The molecule has 1 aliphatic carbocycles. The highest BCUT2D eigenvalue weighted by Crippen LogP contribution is 2.33.